The van der Waals surface area contributed by atoms with Crippen LogP contribution in [0.2, 0.25) is 0 Å². The Morgan fingerprint density at radius 2 is 1.58 bits per heavy atom. The van der Waals surface area contributed by atoms with Gasteiger partial charge in [0.25, 0.3) is 0 Å². The molecule has 0 rings (SSSR count). The highest BCUT2D eigenvalue weighted by molar-refractivity contribution is 6.50. The SMILES string of the molecule is CC=C[SiH](OCCC)OCCC. The summed E-state index contributed by atoms with van der Waals surface area (Å²) in [6.07, 6.45) is 4.15. The molecule has 0 radical (unpaired) electrons. The van der Waals surface area contributed by atoms with E-state index in [0.29, 0.717) is 0 Å². The van der Waals surface area contributed by atoms with Crippen LogP contribution < -0.4 is 0 Å². The van der Waals surface area contributed by atoms with Gasteiger partial charge in [0, 0.05) is 13.2 Å². The molecule has 0 N–H and O–H groups in total. The summed E-state index contributed by atoms with van der Waals surface area (Å²) >= 11 is 0. The summed E-state index contributed by atoms with van der Waals surface area (Å²) < 4.78 is 11.1. The first-order valence-electron chi connectivity index (χ1n) is 4.71. The molecule has 0 aliphatic carbocycles. The van der Waals surface area contributed by atoms with Crippen LogP contribution in [0, 0.1) is 0 Å². The number of hydrogen-bond acceptors (Lipinski definition) is 2. The van der Waals surface area contributed by atoms with E-state index < -0.39 is 9.28 Å². The topological polar surface area (TPSA) is 18.5 Å². The number of allylic oxidation sites excluding steroid dienone is 1. The maximum absolute atomic E-state index is 5.56. The van der Waals surface area contributed by atoms with Gasteiger partial charge in [-0.2, -0.15) is 0 Å². The summed E-state index contributed by atoms with van der Waals surface area (Å²) in [5.41, 5.74) is 2.07. The van der Waals surface area contributed by atoms with Crippen LogP contribution in [0.3, 0.4) is 0 Å². The molecule has 0 aromatic rings. The van der Waals surface area contributed by atoms with Crippen molar-refractivity contribution >= 4 is 9.28 Å². The lowest BCUT2D eigenvalue weighted by molar-refractivity contribution is 0.206. The molecule has 12 heavy (non-hydrogen) atoms. The zero-order valence-corrected chi connectivity index (χ0v) is 9.53. The standard InChI is InChI=1S/C9H20O2Si/c1-4-7-10-12(9-6-3)11-8-5-2/h6,9,12H,4-5,7-8H2,1-3H3. The Balaban J connectivity index is 3.54. The smallest absolute Gasteiger partial charge is 0.348 e. The highest BCUT2D eigenvalue weighted by Crippen LogP contribution is 1.95. The van der Waals surface area contributed by atoms with Crippen molar-refractivity contribution < 1.29 is 8.85 Å². The second-order valence-corrected chi connectivity index (χ2v) is 4.42. The van der Waals surface area contributed by atoms with E-state index in [2.05, 4.69) is 19.5 Å². The molecule has 0 spiro atoms. The summed E-state index contributed by atoms with van der Waals surface area (Å²) in [6, 6.07) is 0. The Bertz CT molecular complexity index is 107. The molecule has 0 bridgehead atoms. The second-order valence-electron chi connectivity index (χ2n) is 2.64. The van der Waals surface area contributed by atoms with E-state index in [0.717, 1.165) is 26.1 Å². The lowest BCUT2D eigenvalue weighted by Gasteiger charge is -2.11. The van der Waals surface area contributed by atoms with Crippen molar-refractivity contribution in [1.82, 2.24) is 0 Å². The van der Waals surface area contributed by atoms with Gasteiger partial charge in [0.05, 0.1) is 0 Å². The van der Waals surface area contributed by atoms with Gasteiger partial charge in [-0.15, -0.1) is 0 Å². The van der Waals surface area contributed by atoms with E-state index >= 15 is 0 Å². The fourth-order valence-electron chi connectivity index (χ4n) is 0.784. The molecule has 0 fully saturated rings. The van der Waals surface area contributed by atoms with Gasteiger partial charge in [0.2, 0.25) is 0 Å². The largest absolute Gasteiger partial charge is 0.394 e. The minimum atomic E-state index is -1.45. The van der Waals surface area contributed by atoms with Crippen LogP contribution >= 0.6 is 0 Å². The van der Waals surface area contributed by atoms with E-state index in [1.54, 1.807) is 0 Å². The molecular formula is C9H20O2Si. The zero-order chi connectivity index (χ0) is 9.23. The third-order valence-electron chi connectivity index (χ3n) is 1.32. The lowest BCUT2D eigenvalue weighted by atomic mass is 10.5. The number of hydrogen-bond donors (Lipinski definition) is 0. The second kappa shape index (κ2) is 8.97. The van der Waals surface area contributed by atoms with Crippen LogP contribution in [-0.2, 0) is 8.85 Å². The van der Waals surface area contributed by atoms with Crippen LogP contribution in [0.4, 0.5) is 0 Å². The summed E-state index contributed by atoms with van der Waals surface area (Å²) in [6.45, 7) is 7.88. The molecule has 72 valence electrons. The molecule has 0 aliphatic heterocycles. The molecule has 3 heteroatoms. The Hall–Kier alpha value is -0.123. The maximum Gasteiger partial charge on any atom is 0.348 e. The minimum Gasteiger partial charge on any atom is -0.394 e. The van der Waals surface area contributed by atoms with E-state index in [9.17, 15) is 0 Å². The molecule has 0 atom stereocenters. The van der Waals surface area contributed by atoms with Crippen LogP contribution in [0.5, 0.6) is 0 Å². The highest BCUT2D eigenvalue weighted by Gasteiger charge is 2.06. The van der Waals surface area contributed by atoms with Crippen molar-refractivity contribution in [3.8, 4) is 0 Å². The van der Waals surface area contributed by atoms with Gasteiger partial charge in [0.15, 0.2) is 0 Å². The van der Waals surface area contributed by atoms with Gasteiger partial charge in [-0.05, 0) is 25.5 Å². The molecule has 0 saturated carbocycles. The molecule has 0 aliphatic rings. The van der Waals surface area contributed by atoms with Crippen molar-refractivity contribution in [2.75, 3.05) is 13.2 Å². The van der Waals surface area contributed by atoms with Crippen molar-refractivity contribution in [1.29, 1.82) is 0 Å². The van der Waals surface area contributed by atoms with Crippen LogP contribution in [-0.4, -0.2) is 22.5 Å². The van der Waals surface area contributed by atoms with Gasteiger partial charge >= 0.3 is 9.28 Å². The fourth-order valence-corrected chi connectivity index (χ4v) is 2.35. The molecule has 0 unspecified atom stereocenters. The highest BCUT2D eigenvalue weighted by atomic mass is 28.3. The first-order valence-corrected chi connectivity index (χ1v) is 6.32. The monoisotopic (exact) mass is 188 g/mol. The van der Waals surface area contributed by atoms with E-state index in [-0.39, 0.29) is 0 Å². The minimum absolute atomic E-state index is 0.824. The van der Waals surface area contributed by atoms with Crippen LogP contribution in [0.1, 0.15) is 33.6 Å². The van der Waals surface area contributed by atoms with Gasteiger partial charge in [-0.1, -0.05) is 19.9 Å². The average Bonchev–Trinajstić information content (AvgIpc) is 2.10. The quantitative estimate of drug-likeness (QED) is 0.570. The predicted octanol–water partition coefficient (Wildman–Crippen LogP) is 2.18. The molecule has 0 amide bonds. The zero-order valence-electron chi connectivity index (χ0n) is 8.38. The molecule has 0 saturated heterocycles. The van der Waals surface area contributed by atoms with Crippen LogP contribution in [0.15, 0.2) is 11.8 Å². The first kappa shape index (κ1) is 11.9. The van der Waals surface area contributed by atoms with E-state index in [4.69, 9.17) is 8.85 Å². The summed E-state index contributed by atoms with van der Waals surface area (Å²) in [5, 5.41) is 0. The molecule has 0 heterocycles. The van der Waals surface area contributed by atoms with Gasteiger partial charge < -0.3 is 8.85 Å². The van der Waals surface area contributed by atoms with Crippen LogP contribution in [0.25, 0.3) is 0 Å². The maximum atomic E-state index is 5.56. The fraction of sp³-hybridized carbons (Fsp3) is 0.778. The third kappa shape index (κ3) is 6.58. The molecular weight excluding hydrogens is 168 g/mol. The lowest BCUT2D eigenvalue weighted by Crippen LogP contribution is -2.21. The number of rotatable bonds is 7. The van der Waals surface area contributed by atoms with Crippen molar-refractivity contribution in [2.24, 2.45) is 0 Å². The van der Waals surface area contributed by atoms with Gasteiger partial charge in [-0.3, -0.25) is 0 Å². The Morgan fingerprint density at radius 3 is 1.92 bits per heavy atom. The predicted molar refractivity (Wildman–Crippen MR) is 54.4 cm³/mol. The normalized spacial score (nSPS) is 11.7. The third-order valence-corrected chi connectivity index (χ3v) is 3.15. The Morgan fingerprint density at radius 1 is 1.08 bits per heavy atom. The average molecular weight is 188 g/mol. The molecule has 2 nitrogen and oxygen atoms in total. The van der Waals surface area contributed by atoms with Gasteiger partial charge in [-0.25, -0.2) is 0 Å². The summed E-state index contributed by atoms with van der Waals surface area (Å²) in [4.78, 5) is 0. The summed E-state index contributed by atoms with van der Waals surface area (Å²) in [5.74, 6) is 0. The first-order chi connectivity index (χ1) is 5.85. The Labute approximate surface area is 77.4 Å². The molecule has 0 aromatic heterocycles. The van der Waals surface area contributed by atoms with Gasteiger partial charge in [0.1, 0.15) is 0 Å². The summed E-state index contributed by atoms with van der Waals surface area (Å²) in [7, 11) is -1.45. The van der Waals surface area contributed by atoms with E-state index in [1.165, 1.54) is 0 Å². The van der Waals surface area contributed by atoms with E-state index in [1.807, 2.05) is 13.0 Å². The van der Waals surface area contributed by atoms with Crippen molar-refractivity contribution in [3.05, 3.63) is 11.8 Å². The van der Waals surface area contributed by atoms with Crippen molar-refractivity contribution in [3.63, 3.8) is 0 Å². The van der Waals surface area contributed by atoms with Crippen molar-refractivity contribution in [2.45, 2.75) is 33.6 Å². The Kier molecular flexibility index (Phi) is 8.88. The molecule has 0 aromatic carbocycles.